The molecular weight excluding hydrogens is 166 g/mol. The summed E-state index contributed by atoms with van der Waals surface area (Å²) in [6.07, 6.45) is 4.10. The Labute approximate surface area is 78.7 Å². The molecule has 0 bridgehead atoms. The van der Waals surface area contributed by atoms with Gasteiger partial charge in [0.2, 0.25) is 0 Å². The Bertz CT molecular complexity index is 215. The van der Waals surface area contributed by atoms with Gasteiger partial charge < -0.3 is 10.0 Å². The van der Waals surface area contributed by atoms with Crippen LogP contribution in [0.2, 0.25) is 0 Å². The van der Waals surface area contributed by atoms with E-state index in [9.17, 15) is 4.79 Å². The second-order valence-electron chi connectivity index (χ2n) is 4.70. The van der Waals surface area contributed by atoms with Gasteiger partial charge in [0.25, 0.3) is 0 Å². The van der Waals surface area contributed by atoms with Gasteiger partial charge in [0.05, 0.1) is 0 Å². The number of hydrogen-bond acceptors (Lipinski definition) is 1. The summed E-state index contributed by atoms with van der Waals surface area (Å²) >= 11 is 0. The van der Waals surface area contributed by atoms with Crippen LogP contribution in [0, 0.1) is 11.3 Å². The van der Waals surface area contributed by atoms with Crippen LogP contribution in [-0.2, 0) is 0 Å². The molecule has 1 amide bonds. The van der Waals surface area contributed by atoms with Crippen LogP contribution in [0.3, 0.4) is 0 Å². The van der Waals surface area contributed by atoms with E-state index in [-0.39, 0.29) is 0 Å². The predicted octanol–water partition coefficient (Wildman–Crippen LogP) is 2.18. The molecule has 1 heterocycles. The molecule has 74 valence electrons. The minimum atomic E-state index is -0.752. The van der Waals surface area contributed by atoms with E-state index >= 15 is 0 Å². The second-order valence-corrected chi connectivity index (χ2v) is 4.70. The van der Waals surface area contributed by atoms with Gasteiger partial charge in [-0.05, 0) is 37.0 Å². The van der Waals surface area contributed by atoms with Crippen molar-refractivity contribution in [3.05, 3.63) is 0 Å². The summed E-state index contributed by atoms with van der Waals surface area (Å²) in [4.78, 5) is 12.2. The molecular formula is C10H17NO2. The third kappa shape index (κ3) is 1.64. The van der Waals surface area contributed by atoms with Gasteiger partial charge in [0.15, 0.2) is 0 Å². The van der Waals surface area contributed by atoms with Gasteiger partial charge in [0.1, 0.15) is 0 Å². The maximum Gasteiger partial charge on any atom is 0.407 e. The van der Waals surface area contributed by atoms with Crippen molar-refractivity contribution < 1.29 is 9.90 Å². The molecule has 13 heavy (non-hydrogen) atoms. The van der Waals surface area contributed by atoms with Gasteiger partial charge in [-0.15, -0.1) is 0 Å². The standard InChI is InChI=1S/C10H17NO2/c1-10(8-2-3-8)4-6-11(7-5-10)9(12)13/h8H,2-7H2,1H3,(H,12,13). The monoisotopic (exact) mass is 183 g/mol. The Morgan fingerprint density at radius 3 is 2.31 bits per heavy atom. The summed E-state index contributed by atoms with van der Waals surface area (Å²) in [7, 11) is 0. The van der Waals surface area contributed by atoms with Crippen molar-refractivity contribution in [2.24, 2.45) is 11.3 Å². The average molecular weight is 183 g/mol. The molecule has 0 unspecified atom stereocenters. The quantitative estimate of drug-likeness (QED) is 0.676. The smallest absolute Gasteiger partial charge is 0.407 e. The van der Waals surface area contributed by atoms with Gasteiger partial charge in [0, 0.05) is 13.1 Å². The summed E-state index contributed by atoms with van der Waals surface area (Å²) < 4.78 is 0. The van der Waals surface area contributed by atoms with Crippen LogP contribution in [0.4, 0.5) is 4.79 Å². The first-order valence-electron chi connectivity index (χ1n) is 5.10. The molecule has 1 aliphatic heterocycles. The van der Waals surface area contributed by atoms with Crippen molar-refractivity contribution in [1.29, 1.82) is 0 Å². The van der Waals surface area contributed by atoms with Crippen molar-refractivity contribution >= 4 is 6.09 Å². The van der Waals surface area contributed by atoms with Crippen molar-refractivity contribution in [2.45, 2.75) is 32.6 Å². The molecule has 2 rings (SSSR count). The van der Waals surface area contributed by atoms with E-state index in [0.717, 1.165) is 31.8 Å². The number of nitrogens with zero attached hydrogens (tertiary/aromatic N) is 1. The molecule has 1 N–H and O–H groups in total. The highest BCUT2D eigenvalue weighted by Gasteiger charge is 2.43. The van der Waals surface area contributed by atoms with Gasteiger partial charge in [-0.25, -0.2) is 4.79 Å². The molecule has 1 saturated carbocycles. The number of carbonyl (C=O) groups is 1. The minimum absolute atomic E-state index is 0.450. The maximum absolute atomic E-state index is 10.7. The van der Waals surface area contributed by atoms with Crippen molar-refractivity contribution in [3.8, 4) is 0 Å². The normalized spacial score (nSPS) is 27.3. The first kappa shape index (κ1) is 8.85. The summed E-state index contributed by atoms with van der Waals surface area (Å²) in [6, 6.07) is 0. The molecule has 0 atom stereocenters. The molecule has 3 nitrogen and oxygen atoms in total. The molecule has 0 aromatic carbocycles. The van der Waals surface area contributed by atoms with Gasteiger partial charge in [-0.3, -0.25) is 0 Å². The lowest BCUT2D eigenvalue weighted by molar-refractivity contribution is 0.0866. The molecule has 1 aliphatic carbocycles. The summed E-state index contributed by atoms with van der Waals surface area (Å²) in [5, 5.41) is 8.79. The lowest BCUT2D eigenvalue weighted by Crippen LogP contribution is -2.42. The van der Waals surface area contributed by atoms with Crippen LogP contribution in [0.5, 0.6) is 0 Å². The Morgan fingerprint density at radius 1 is 1.38 bits per heavy atom. The summed E-state index contributed by atoms with van der Waals surface area (Å²) in [5.41, 5.74) is 0.450. The SMILES string of the molecule is CC1(C2CC2)CCN(C(=O)O)CC1. The third-order valence-electron chi connectivity index (χ3n) is 3.74. The zero-order valence-electron chi connectivity index (χ0n) is 8.12. The van der Waals surface area contributed by atoms with E-state index in [1.807, 2.05) is 0 Å². The second kappa shape index (κ2) is 2.89. The molecule has 3 heteroatoms. The maximum atomic E-state index is 10.7. The number of carboxylic acid groups (broad SMARTS) is 1. The first-order valence-corrected chi connectivity index (χ1v) is 5.10. The summed E-state index contributed by atoms with van der Waals surface area (Å²) in [5.74, 6) is 0.892. The van der Waals surface area contributed by atoms with E-state index in [2.05, 4.69) is 6.92 Å². The average Bonchev–Trinajstić information content (AvgIpc) is 2.87. The molecule has 2 fully saturated rings. The van der Waals surface area contributed by atoms with Crippen LogP contribution in [-0.4, -0.2) is 29.2 Å². The molecule has 2 aliphatic rings. The Balaban J connectivity index is 1.91. The predicted molar refractivity (Wildman–Crippen MR) is 49.7 cm³/mol. The van der Waals surface area contributed by atoms with Crippen LogP contribution in [0.1, 0.15) is 32.6 Å². The zero-order chi connectivity index (χ0) is 9.47. The summed E-state index contributed by atoms with van der Waals surface area (Å²) in [6.45, 7) is 3.80. The number of likely N-dealkylation sites (tertiary alicyclic amines) is 1. The van der Waals surface area contributed by atoms with Crippen molar-refractivity contribution in [2.75, 3.05) is 13.1 Å². The molecule has 0 spiro atoms. The fourth-order valence-corrected chi connectivity index (χ4v) is 2.40. The van der Waals surface area contributed by atoms with Crippen LogP contribution >= 0.6 is 0 Å². The lowest BCUT2D eigenvalue weighted by Gasteiger charge is -2.38. The Morgan fingerprint density at radius 2 is 1.92 bits per heavy atom. The van der Waals surface area contributed by atoms with Gasteiger partial charge >= 0.3 is 6.09 Å². The van der Waals surface area contributed by atoms with E-state index in [1.54, 1.807) is 4.90 Å². The number of hydrogen-bond donors (Lipinski definition) is 1. The fourth-order valence-electron chi connectivity index (χ4n) is 2.40. The number of amides is 1. The van der Waals surface area contributed by atoms with E-state index in [1.165, 1.54) is 12.8 Å². The van der Waals surface area contributed by atoms with Crippen molar-refractivity contribution in [3.63, 3.8) is 0 Å². The Hall–Kier alpha value is -0.730. The highest BCUT2D eigenvalue weighted by atomic mass is 16.4. The minimum Gasteiger partial charge on any atom is -0.465 e. The van der Waals surface area contributed by atoms with E-state index < -0.39 is 6.09 Å². The van der Waals surface area contributed by atoms with Gasteiger partial charge in [-0.2, -0.15) is 0 Å². The zero-order valence-corrected chi connectivity index (χ0v) is 8.12. The number of rotatable bonds is 1. The van der Waals surface area contributed by atoms with Crippen LogP contribution in [0.25, 0.3) is 0 Å². The molecule has 0 aromatic rings. The molecule has 0 radical (unpaired) electrons. The Kier molecular flexibility index (Phi) is 1.97. The van der Waals surface area contributed by atoms with Crippen LogP contribution < -0.4 is 0 Å². The first-order chi connectivity index (χ1) is 6.12. The van der Waals surface area contributed by atoms with E-state index in [4.69, 9.17) is 5.11 Å². The highest BCUT2D eigenvalue weighted by molar-refractivity contribution is 5.65. The largest absolute Gasteiger partial charge is 0.465 e. The van der Waals surface area contributed by atoms with Crippen molar-refractivity contribution in [1.82, 2.24) is 4.90 Å². The lowest BCUT2D eigenvalue weighted by atomic mass is 9.76. The van der Waals surface area contributed by atoms with E-state index in [0.29, 0.717) is 5.41 Å². The van der Waals surface area contributed by atoms with Crippen LogP contribution in [0.15, 0.2) is 0 Å². The highest BCUT2D eigenvalue weighted by Crippen LogP contribution is 2.51. The third-order valence-corrected chi connectivity index (χ3v) is 3.74. The molecule has 1 saturated heterocycles. The fraction of sp³-hybridized carbons (Fsp3) is 0.900. The topological polar surface area (TPSA) is 40.5 Å². The van der Waals surface area contributed by atoms with Gasteiger partial charge in [-0.1, -0.05) is 6.92 Å². The number of piperidine rings is 1. The molecule has 0 aromatic heterocycles.